The quantitative estimate of drug-likeness (QED) is 0.720. The summed E-state index contributed by atoms with van der Waals surface area (Å²) in [6, 6.07) is 14.5. The van der Waals surface area contributed by atoms with Crippen LogP contribution in [0.5, 0.6) is 5.75 Å². The first-order valence-corrected chi connectivity index (χ1v) is 9.57. The van der Waals surface area contributed by atoms with Crippen molar-refractivity contribution in [3.8, 4) is 5.75 Å². The van der Waals surface area contributed by atoms with Gasteiger partial charge >= 0.3 is 0 Å². The number of carbonyl (C=O) groups is 1. The predicted molar refractivity (Wildman–Crippen MR) is 107 cm³/mol. The molecule has 0 radical (unpaired) electrons. The zero-order valence-corrected chi connectivity index (χ0v) is 16.1. The van der Waals surface area contributed by atoms with Crippen molar-refractivity contribution in [2.45, 2.75) is 58.3 Å². The normalized spacial score (nSPS) is 13.3. The third kappa shape index (κ3) is 4.87. The molecular formula is C23H29NO2. The predicted octanol–water partition coefficient (Wildman–Crippen LogP) is 5.27. The van der Waals surface area contributed by atoms with Crippen LogP contribution in [0.25, 0.3) is 0 Å². The molecule has 0 atom stereocenters. The fourth-order valence-corrected chi connectivity index (χ4v) is 3.35. The van der Waals surface area contributed by atoms with Gasteiger partial charge in [-0.05, 0) is 72.1 Å². The van der Waals surface area contributed by atoms with E-state index in [1.807, 2.05) is 18.2 Å². The van der Waals surface area contributed by atoms with Crippen molar-refractivity contribution in [2.24, 2.45) is 0 Å². The summed E-state index contributed by atoms with van der Waals surface area (Å²) >= 11 is 0. The van der Waals surface area contributed by atoms with Crippen LogP contribution >= 0.6 is 0 Å². The van der Waals surface area contributed by atoms with Crippen LogP contribution in [0.3, 0.4) is 0 Å². The van der Waals surface area contributed by atoms with Gasteiger partial charge in [0.1, 0.15) is 5.75 Å². The minimum atomic E-state index is 0.0506. The summed E-state index contributed by atoms with van der Waals surface area (Å²) in [4.78, 5) is 12.1. The topological polar surface area (TPSA) is 38.3 Å². The zero-order chi connectivity index (χ0) is 18.6. The van der Waals surface area contributed by atoms with Crippen LogP contribution in [0.1, 0.15) is 56.7 Å². The minimum absolute atomic E-state index is 0.0506. The molecule has 0 saturated carbocycles. The average Bonchev–Trinajstić information content (AvgIpc) is 3.06. The lowest BCUT2D eigenvalue weighted by Gasteiger charge is -2.19. The van der Waals surface area contributed by atoms with Gasteiger partial charge in [0.25, 0.3) is 0 Å². The van der Waals surface area contributed by atoms with E-state index in [0.29, 0.717) is 19.4 Å². The Morgan fingerprint density at radius 1 is 1.04 bits per heavy atom. The van der Waals surface area contributed by atoms with Crippen LogP contribution in [-0.2, 0) is 23.1 Å². The largest absolute Gasteiger partial charge is 0.494 e. The van der Waals surface area contributed by atoms with Crippen molar-refractivity contribution >= 4 is 11.6 Å². The second-order valence-electron chi connectivity index (χ2n) is 8.11. The second kappa shape index (κ2) is 7.94. The Morgan fingerprint density at radius 2 is 1.77 bits per heavy atom. The fourth-order valence-electron chi connectivity index (χ4n) is 3.35. The molecule has 1 aliphatic carbocycles. The third-order valence-electron chi connectivity index (χ3n) is 4.92. The van der Waals surface area contributed by atoms with Crippen molar-refractivity contribution in [3.05, 3.63) is 59.2 Å². The van der Waals surface area contributed by atoms with Gasteiger partial charge in [0.2, 0.25) is 5.91 Å². The number of anilines is 1. The number of aryl methyl sites for hydroxylation is 2. The summed E-state index contributed by atoms with van der Waals surface area (Å²) in [5.74, 6) is 0.909. The smallest absolute Gasteiger partial charge is 0.224 e. The van der Waals surface area contributed by atoms with Crippen molar-refractivity contribution < 1.29 is 9.53 Å². The van der Waals surface area contributed by atoms with Gasteiger partial charge in [0.05, 0.1) is 6.61 Å². The van der Waals surface area contributed by atoms with Crippen molar-refractivity contribution in [1.82, 2.24) is 0 Å². The molecule has 0 fully saturated rings. The Labute approximate surface area is 156 Å². The van der Waals surface area contributed by atoms with E-state index in [9.17, 15) is 4.79 Å². The number of hydrogen-bond donors (Lipinski definition) is 1. The molecule has 1 aliphatic rings. The first-order chi connectivity index (χ1) is 12.4. The van der Waals surface area contributed by atoms with Crippen molar-refractivity contribution in [1.29, 1.82) is 0 Å². The molecule has 0 saturated heterocycles. The monoisotopic (exact) mass is 351 g/mol. The van der Waals surface area contributed by atoms with Gasteiger partial charge in [-0.15, -0.1) is 0 Å². The first kappa shape index (κ1) is 18.5. The molecule has 1 amide bonds. The highest BCUT2D eigenvalue weighted by molar-refractivity contribution is 5.90. The SMILES string of the molecule is CC(C)(C)c1ccc(OCCCC(=O)Nc2ccc3c(c2)CCC3)cc1. The number of benzene rings is 2. The Balaban J connectivity index is 1.40. The van der Waals surface area contributed by atoms with Crippen LogP contribution in [0.15, 0.2) is 42.5 Å². The minimum Gasteiger partial charge on any atom is -0.494 e. The summed E-state index contributed by atoms with van der Waals surface area (Å²) in [7, 11) is 0. The number of carbonyl (C=O) groups excluding carboxylic acids is 1. The summed E-state index contributed by atoms with van der Waals surface area (Å²) < 4.78 is 5.75. The number of rotatable bonds is 6. The molecule has 3 nitrogen and oxygen atoms in total. The Kier molecular flexibility index (Phi) is 5.65. The average molecular weight is 351 g/mol. The van der Waals surface area contributed by atoms with Crippen molar-refractivity contribution in [2.75, 3.05) is 11.9 Å². The van der Waals surface area contributed by atoms with E-state index in [2.05, 4.69) is 50.4 Å². The van der Waals surface area contributed by atoms with Crippen LogP contribution in [0.4, 0.5) is 5.69 Å². The summed E-state index contributed by atoms with van der Waals surface area (Å²) in [6.07, 6.45) is 4.69. The molecule has 2 aromatic carbocycles. The number of fused-ring (bicyclic) bond motifs is 1. The summed E-state index contributed by atoms with van der Waals surface area (Å²) in [5.41, 5.74) is 5.15. The molecule has 138 valence electrons. The third-order valence-corrected chi connectivity index (χ3v) is 4.92. The van der Waals surface area contributed by atoms with Gasteiger partial charge in [-0.2, -0.15) is 0 Å². The highest BCUT2D eigenvalue weighted by Crippen LogP contribution is 2.25. The van der Waals surface area contributed by atoms with Gasteiger partial charge in [-0.1, -0.05) is 39.0 Å². The van der Waals surface area contributed by atoms with E-state index in [-0.39, 0.29) is 11.3 Å². The lowest BCUT2D eigenvalue weighted by atomic mass is 9.87. The molecule has 2 aromatic rings. The lowest BCUT2D eigenvalue weighted by molar-refractivity contribution is -0.116. The lowest BCUT2D eigenvalue weighted by Crippen LogP contribution is -2.13. The van der Waals surface area contributed by atoms with E-state index >= 15 is 0 Å². The molecule has 3 rings (SSSR count). The molecule has 3 heteroatoms. The number of ether oxygens (including phenoxy) is 1. The van der Waals surface area contributed by atoms with Gasteiger partial charge in [0, 0.05) is 12.1 Å². The maximum atomic E-state index is 12.1. The number of hydrogen-bond acceptors (Lipinski definition) is 2. The van der Waals surface area contributed by atoms with Crippen LogP contribution in [0.2, 0.25) is 0 Å². The summed E-state index contributed by atoms with van der Waals surface area (Å²) in [5, 5.41) is 3.00. The molecule has 0 aromatic heterocycles. The zero-order valence-electron chi connectivity index (χ0n) is 16.1. The van der Waals surface area contributed by atoms with Gasteiger partial charge in [-0.25, -0.2) is 0 Å². The maximum Gasteiger partial charge on any atom is 0.224 e. The molecule has 0 spiro atoms. The molecule has 0 bridgehead atoms. The van der Waals surface area contributed by atoms with E-state index in [1.165, 1.54) is 23.1 Å². The Bertz CT molecular complexity index is 757. The van der Waals surface area contributed by atoms with Gasteiger partial charge < -0.3 is 10.1 Å². The van der Waals surface area contributed by atoms with Gasteiger partial charge in [-0.3, -0.25) is 4.79 Å². The molecule has 1 N–H and O–H groups in total. The number of nitrogens with one attached hydrogen (secondary N) is 1. The molecule has 0 heterocycles. The molecular weight excluding hydrogens is 322 g/mol. The first-order valence-electron chi connectivity index (χ1n) is 9.57. The Morgan fingerprint density at radius 3 is 2.50 bits per heavy atom. The molecule has 0 aliphatic heterocycles. The fraction of sp³-hybridized carbons (Fsp3) is 0.435. The standard InChI is InChI=1S/C23H29NO2/c1-23(2,3)19-10-13-21(14-11-19)26-15-5-8-22(25)24-20-12-9-17-6-4-7-18(17)16-20/h9-14,16H,4-8,15H2,1-3H3,(H,24,25). The van der Waals surface area contributed by atoms with Crippen LogP contribution < -0.4 is 10.1 Å². The van der Waals surface area contributed by atoms with Crippen molar-refractivity contribution in [3.63, 3.8) is 0 Å². The summed E-state index contributed by atoms with van der Waals surface area (Å²) in [6.45, 7) is 7.14. The second-order valence-corrected chi connectivity index (χ2v) is 8.11. The maximum absolute atomic E-state index is 12.1. The van der Waals surface area contributed by atoms with E-state index in [0.717, 1.165) is 24.3 Å². The molecule has 26 heavy (non-hydrogen) atoms. The highest BCUT2D eigenvalue weighted by Gasteiger charge is 2.13. The van der Waals surface area contributed by atoms with E-state index < -0.39 is 0 Å². The van der Waals surface area contributed by atoms with E-state index in [1.54, 1.807) is 0 Å². The van der Waals surface area contributed by atoms with E-state index in [4.69, 9.17) is 4.74 Å². The molecule has 0 unspecified atom stereocenters. The van der Waals surface area contributed by atoms with Crippen LogP contribution in [-0.4, -0.2) is 12.5 Å². The number of amides is 1. The van der Waals surface area contributed by atoms with Gasteiger partial charge in [0.15, 0.2) is 0 Å². The Hall–Kier alpha value is -2.29. The highest BCUT2D eigenvalue weighted by atomic mass is 16.5. The van der Waals surface area contributed by atoms with Crippen LogP contribution in [0, 0.1) is 0 Å².